The van der Waals surface area contributed by atoms with E-state index in [-0.39, 0.29) is 0 Å². The second-order valence-electron chi connectivity index (χ2n) is 6.73. The molecule has 1 aliphatic carbocycles. The Balaban J connectivity index is 2.51. The van der Waals surface area contributed by atoms with Crippen molar-refractivity contribution in [1.82, 2.24) is 5.32 Å². The molecule has 1 heteroatoms. The first-order chi connectivity index (χ1) is 7.94. The Morgan fingerprint density at radius 3 is 2.65 bits per heavy atom. The van der Waals surface area contributed by atoms with Crippen molar-refractivity contribution in [3.8, 4) is 0 Å². The molecule has 1 aliphatic rings. The van der Waals surface area contributed by atoms with Gasteiger partial charge < -0.3 is 5.32 Å². The van der Waals surface area contributed by atoms with E-state index in [2.05, 4.69) is 39.6 Å². The minimum atomic E-state index is 0.558. The number of rotatable bonds is 6. The van der Waals surface area contributed by atoms with Gasteiger partial charge in [0.05, 0.1) is 0 Å². The lowest BCUT2D eigenvalue weighted by Gasteiger charge is -2.41. The fraction of sp³-hybridized carbons (Fsp3) is 0.875. The van der Waals surface area contributed by atoms with E-state index < -0.39 is 0 Å². The summed E-state index contributed by atoms with van der Waals surface area (Å²) >= 11 is 0. The second-order valence-corrected chi connectivity index (χ2v) is 6.73. The lowest BCUT2D eigenvalue weighted by Crippen LogP contribution is -2.36. The van der Waals surface area contributed by atoms with Crippen molar-refractivity contribution in [1.29, 1.82) is 0 Å². The van der Waals surface area contributed by atoms with Gasteiger partial charge in [-0.25, -0.2) is 0 Å². The van der Waals surface area contributed by atoms with Crippen LogP contribution in [0.25, 0.3) is 0 Å². The van der Waals surface area contributed by atoms with E-state index in [0.29, 0.717) is 5.41 Å². The Kier molecular flexibility index (Phi) is 5.72. The Bertz CT molecular complexity index is 242. The number of hydrogen-bond donors (Lipinski definition) is 1. The van der Waals surface area contributed by atoms with Crippen LogP contribution < -0.4 is 5.32 Å². The fourth-order valence-corrected chi connectivity index (χ4v) is 3.16. The molecule has 0 aliphatic heterocycles. The van der Waals surface area contributed by atoms with Gasteiger partial charge >= 0.3 is 0 Å². The molecule has 1 rings (SSSR count). The topological polar surface area (TPSA) is 12.0 Å². The van der Waals surface area contributed by atoms with E-state index in [0.717, 1.165) is 18.4 Å². The van der Waals surface area contributed by atoms with Gasteiger partial charge in [-0.05, 0) is 69.4 Å². The molecule has 0 saturated heterocycles. The summed E-state index contributed by atoms with van der Waals surface area (Å²) in [6, 6.07) is 0. The van der Waals surface area contributed by atoms with Crippen LogP contribution in [-0.2, 0) is 0 Å². The van der Waals surface area contributed by atoms with Crippen molar-refractivity contribution in [2.24, 2.45) is 17.3 Å². The van der Waals surface area contributed by atoms with Crippen LogP contribution >= 0.6 is 0 Å². The Labute approximate surface area is 108 Å². The summed E-state index contributed by atoms with van der Waals surface area (Å²) in [5, 5.41) is 3.54. The third-order valence-electron chi connectivity index (χ3n) is 4.27. The average Bonchev–Trinajstić information content (AvgIpc) is 2.24. The maximum atomic E-state index is 4.05. The molecule has 0 aromatic rings. The average molecular weight is 237 g/mol. The maximum absolute atomic E-state index is 4.05. The summed E-state index contributed by atoms with van der Waals surface area (Å²) in [5.74, 6) is 1.79. The molecular formula is C16H31N. The second kappa shape index (κ2) is 6.58. The third kappa shape index (κ3) is 5.25. The highest BCUT2D eigenvalue weighted by atomic mass is 14.8. The van der Waals surface area contributed by atoms with Crippen molar-refractivity contribution in [3.05, 3.63) is 12.2 Å². The molecule has 0 aromatic carbocycles. The van der Waals surface area contributed by atoms with Crippen LogP contribution in [0.15, 0.2) is 12.2 Å². The predicted molar refractivity (Wildman–Crippen MR) is 77.2 cm³/mol. The largest absolute Gasteiger partial charge is 0.317 e. The van der Waals surface area contributed by atoms with E-state index >= 15 is 0 Å². The number of hydrogen-bond acceptors (Lipinski definition) is 1. The SMILES string of the molecule is C=C(C)CCC1CC(C)(C)CCC1CNCC. The Hall–Kier alpha value is -0.300. The molecule has 0 aromatic heterocycles. The predicted octanol–water partition coefficient (Wildman–Crippen LogP) is 4.39. The highest BCUT2D eigenvalue weighted by molar-refractivity contribution is 4.92. The monoisotopic (exact) mass is 237 g/mol. The molecule has 2 atom stereocenters. The van der Waals surface area contributed by atoms with Crippen LogP contribution in [-0.4, -0.2) is 13.1 Å². The molecule has 1 fully saturated rings. The number of allylic oxidation sites excluding steroid dienone is 1. The zero-order chi connectivity index (χ0) is 12.9. The van der Waals surface area contributed by atoms with Gasteiger partial charge in [0, 0.05) is 0 Å². The molecule has 0 heterocycles. The first kappa shape index (κ1) is 14.8. The molecule has 17 heavy (non-hydrogen) atoms. The summed E-state index contributed by atoms with van der Waals surface area (Å²) in [5.41, 5.74) is 1.90. The molecule has 2 unspecified atom stereocenters. The first-order valence-corrected chi connectivity index (χ1v) is 7.29. The van der Waals surface area contributed by atoms with Gasteiger partial charge in [-0.3, -0.25) is 0 Å². The molecular weight excluding hydrogens is 206 g/mol. The van der Waals surface area contributed by atoms with Crippen LogP contribution in [0.1, 0.15) is 59.8 Å². The summed E-state index contributed by atoms with van der Waals surface area (Å²) in [6.07, 6.45) is 6.75. The van der Waals surface area contributed by atoms with Crippen LogP contribution in [0.4, 0.5) is 0 Å². The molecule has 1 N–H and O–H groups in total. The maximum Gasteiger partial charge on any atom is -0.00180 e. The highest BCUT2D eigenvalue weighted by Gasteiger charge is 2.33. The minimum absolute atomic E-state index is 0.558. The molecule has 0 radical (unpaired) electrons. The summed E-state index contributed by atoms with van der Waals surface area (Å²) < 4.78 is 0. The van der Waals surface area contributed by atoms with Crippen molar-refractivity contribution < 1.29 is 0 Å². The molecule has 0 bridgehead atoms. The normalized spacial score (nSPS) is 28.0. The molecule has 0 spiro atoms. The van der Waals surface area contributed by atoms with Gasteiger partial charge in [0.25, 0.3) is 0 Å². The van der Waals surface area contributed by atoms with Crippen molar-refractivity contribution in [2.45, 2.75) is 59.8 Å². The third-order valence-corrected chi connectivity index (χ3v) is 4.27. The highest BCUT2D eigenvalue weighted by Crippen LogP contribution is 2.43. The van der Waals surface area contributed by atoms with E-state index in [4.69, 9.17) is 0 Å². The van der Waals surface area contributed by atoms with Gasteiger partial charge in [-0.1, -0.05) is 26.3 Å². The van der Waals surface area contributed by atoms with Crippen molar-refractivity contribution in [2.75, 3.05) is 13.1 Å². The minimum Gasteiger partial charge on any atom is -0.317 e. The van der Waals surface area contributed by atoms with Gasteiger partial charge in [0.2, 0.25) is 0 Å². The van der Waals surface area contributed by atoms with Crippen molar-refractivity contribution in [3.63, 3.8) is 0 Å². The number of nitrogens with one attached hydrogen (secondary N) is 1. The lowest BCUT2D eigenvalue weighted by molar-refractivity contribution is 0.110. The van der Waals surface area contributed by atoms with Gasteiger partial charge in [-0.2, -0.15) is 0 Å². The molecule has 1 nitrogen and oxygen atoms in total. The Morgan fingerprint density at radius 1 is 1.35 bits per heavy atom. The molecule has 0 amide bonds. The first-order valence-electron chi connectivity index (χ1n) is 7.29. The van der Waals surface area contributed by atoms with E-state index in [9.17, 15) is 0 Å². The summed E-state index contributed by atoms with van der Waals surface area (Å²) in [7, 11) is 0. The van der Waals surface area contributed by atoms with Crippen LogP contribution in [0.5, 0.6) is 0 Å². The lowest BCUT2D eigenvalue weighted by atomic mass is 9.65. The Morgan fingerprint density at radius 2 is 2.06 bits per heavy atom. The van der Waals surface area contributed by atoms with Gasteiger partial charge in [0.1, 0.15) is 0 Å². The van der Waals surface area contributed by atoms with E-state index in [1.54, 1.807) is 0 Å². The smallest absolute Gasteiger partial charge is 0.00180 e. The molecule has 1 saturated carbocycles. The molecule has 100 valence electrons. The van der Waals surface area contributed by atoms with E-state index in [1.165, 1.54) is 44.2 Å². The zero-order valence-corrected chi connectivity index (χ0v) is 12.3. The van der Waals surface area contributed by atoms with E-state index in [1.807, 2.05) is 0 Å². The standard InChI is InChI=1S/C16H31N/c1-6-17-12-15-9-10-16(4,5)11-14(15)8-7-13(2)3/h14-15,17H,2,6-12H2,1,3-5H3. The summed E-state index contributed by atoms with van der Waals surface area (Å²) in [6.45, 7) is 15.6. The quantitative estimate of drug-likeness (QED) is 0.675. The fourth-order valence-electron chi connectivity index (χ4n) is 3.16. The summed E-state index contributed by atoms with van der Waals surface area (Å²) in [4.78, 5) is 0. The van der Waals surface area contributed by atoms with Crippen LogP contribution in [0.3, 0.4) is 0 Å². The zero-order valence-electron chi connectivity index (χ0n) is 12.3. The van der Waals surface area contributed by atoms with Crippen molar-refractivity contribution >= 4 is 0 Å². The van der Waals surface area contributed by atoms with Gasteiger partial charge in [-0.15, -0.1) is 6.58 Å². The van der Waals surface area contributed by atoms with Crippen LogP contribution in [0.2, 0.25) is 0 Å². The van der Waals surface area contributed by atoms with Gasteiger partial charge in [0.15, 0.2) is 0 Å². The van der Waals surface area contributed by atoms with Crippen LogP contribution in [0, 0.1) is 17.3 Å².